The van der Waals surface area contributed by atoms with E-state index in [0.717, 1.165) is 24.8 Å². The molecule has 0 bridgehead atoms. The molecule has 2 rings (SSSR count). The summed E-state index contributed by atoms with van der Waals surface area (Å²) in [6.45, 7) is 0.385. The van der Waals surface area contributed by atoms with Crippen molar-refractivity contribution in [3.05, 3.63) is 35.4 Å². The van der Waals surface area contributed by atoms with Crippen LogP contribution in [0.15, 0.2) is 29.4 Å². The molecule has 6 heteroatoms. The third-order valence-corrected chi connectivity index (χ3v) is 3.89. The summed E-state index contributed by atoms with van der Waals surface area (Å²) in [7, 11) is 0. The summed E-state index contributed by atoms with van der Waals surface area (Å²) in [4.78, 5) is 14.1. The number of hydrogen-bond acceptors (Lipinski definition) is 4. The third-order valence-electron chi connectivity index (χ3n) is 3.89. The summed E-state index contributed by atoms with van der Waals surface area (Å²) in [6, 6.07) is 7.31. The van der Waals surface area contributed by atoms with Gasteiger partial charge in [0.05, 0.1) is 13.0 Å². The van der Waals surface area contributed by atoms with Crippen molar-refractivity contribution in [1.29, 1.82) is 0 Å². The van der Waals surface area contributed by atoms with Crippen LogP contribution < -0.4 is 5.73 Å². The van der Waals surface area contributed by atoms with E-state index >= 15 is 0 Å². The Kier molecular flexibility index (Phi) is 5.16. The van der Waals surface area contributed by atoms with Gasteiger partial charge in [0.2, 0.25) is 5.91 Å². The topological polar surface area (TPSA) is 99.2 Å². The van der Waals surface area contributed by atoms with E-state index in [9.17, 15) is 4.79 Å². The highest BCUT2D eigenvalue weighted by molar-refractivity contribution is 5.97. The normalized spacial score (nSPS) is 15.6. The second kappa shape index (κ2) is 7.08. The van der Waals surface area contributed by atoms with Gasteiger partial charge in [-0.05, 0) is 24.8 Å². The summed E-state index contributed by atoms with van der Waals surface area (Å²) in [5.41, 5.74) is 6.98. The maximum Gasteiger partial charge on any atom is 0.227 e. The number of amides is 1. The van der Waals surface area contributed by atoms with Gasteiger partial charge >= 0.3 is 0 Å². The Morgan fingerprint density at radius 3 is 2.48 bits per heavy atom. The maximum absolute atomic E-state index is 12.3. The fraction of sp³-hybridized carbons (Fsp3) is 0.467. The predicted octanol–water partition coefficient (Wildman–Crippen LogP) is 0.697. The summed E-state index contributed by atoms with van der Waals surface area (Å²) >= 11 is 0. The minimum absolute atomic E-state index is 0.00925. The zero-order valence-corrected chi connectivity index (χ0v) is 11.9. The largest absolute Gasteiger partial charge is 0.409 e. The van der Waals surface area contributed by atoms with E-state index in [1.165, 1.54) is 0 Å². The van der Waals surface area contributed by atoms with Crippen LogP contribution >= 0.6 is 0 Å². The van der Waals surface area contributed by atoms with Gasteiger partial charge in [0.15, 0.2) is 5.84 Å². The van der Waals surface area contributed by atoms with Crippen LogP contribution in [-0.2, 0) is 11.2 Å². The monoisotopic (exact) mass is 291 g/mol. The highest BCUT2D eigenvalue weighted by atomic mass is 16.4. The van der Waals surface area contributed by atoms with Gasteiger partial charge in [0.1, 0.15) is 0 Å². The van der Waals surface area contributed by atoms with Crippen LogP contribution in [0.2, 0.25) is 0 Å². The maximum atomic E-state index is 12.3. The lowest BCUT2D eigenvalue weighted by Gasteiger charge is -2.37. The standard InChI is InChI=1S/C15H21N3O3/c16-15(17-21)12-6-4-11(5-7-12)10-14(20)18(8-9-19)13-2-1-3-13/h4-7,13,19,21H,1-3,8-10H2,(H2,16,17). The SMILES string of the molecule is N/C(=N/O)c1ccc(CC(=O)N(CCO)C2CCC2)cc1. The molecule has 0 heterocycles. The molecule has 0 aliphatic heterocycles. The Hall–Kier alpha value is -2.08. The quantitative estimate of drug-likeness (QED) is 0.311. The summed E-state index contributed by atoms with van der Waals surface area (Å²) in [6.07, 6.45) is 3.49. The molecule has 1 aliphatic carbocycles. The molecule has 0 aromatic heterocycles. The number of nitrogens with zero attached hydrogens (tertiary/aromatic N) is 2. The summed E-state index contributed by atoms with van der Waals surface area (Å²) < 4.78 is 0. The van der Waals surface area contributed by atoms with Gasteiger partial charge < -0.3 is 20.9 Å². The van der Waals surface area contributed by atoms with E-state index < -0.39 is 0 Å². The van der Waals surface area contributed by atoms with Crippen molar-refractivity contribution in [3.63, 3.8) is 0 Å². The number of rotatable bonds is 6. The first-order chi connectivity index (χ1) is 10.2. The summed E-state index contributed by atoms with van der Waals surface area (Å²) in [5.74, 6) is 0.0783. The molecule has 0 unspecified atom stereocenters. The molecule has 1 aliphatic rings. The molecule has 1 amide bonds. The van der Waals surface area contributed by atoms with E-state index in [1.54, 1.807) is 29.2 Å². The van der Waals surface area contributed by atoms with Gasteiger partial charge in [0.25, 0.3) is 0 Å². The minimum Gasteiger partial charge on any atom is -0.409 e. The molecule has 0 radical (unpaired) electrons. The molecular formula is C15H21N3O3. The first-order valence-electron chi connectivity index (χ1n) is 7.13. The van der Waals surface area contributed by atoms with Crippen LogP contribution in [0.4, 0.5) is 0 Å². The van der Waals surface area contributed by atoms with Crippen molar-refractivity contribution in [1.82, 2.24) is 4.90 Å². The van der Waals surface area contributed by atoms with E-state index in [4.69, 9.17) is 16.0 Å². The van der Waals surface area contributed by atoms with Crippen LogP contribution in [0.25, 0.3) is 0 Å². The molecule has 1 aromatic carbocycles. The fourth-order valence-corrected chi connectivity index (χ4v) is 2.44. The van der Waals surface area contributed by atoms with Crippen molar-refractivity contribution in [2.45, 2.75) is 31.7 Å². The van der Waals surface area contributed by atoms with Crippen molar-refractivity contribution in [2.24, 2.45) is 10.9 Å². The lowest BCUT2D eigenvalue weighted by Crippen LogP contribution is -2.46. The molecule has 0 atom stereocenters. The zero-order valence-electron chi connectivity index (χ0n) is 11.9. The molecular weight excluding hydrogens is 270 g/mol. The van der Waals surface area contributed by atoms with E-state index in [-0.39, 0.29) is 24.4 Å². The Labute approximate surface area is 123 Å². The number of hydrogen-bond donors (Lipinski definition) is 3. The van der Waals surface area contributed by atoms with Gasteiger partial charge in [-0.3, -0.25) is 4.79 Å². The number of amidine groups is 1. The second-order valence-corrected chi connectivity index (χ2v) is 5.25. The van der Waals surface area contributed by atoms with E-state index in [2.05, 4.69) is 5.16 Å². The third kappa shape index (κ3) is 3.72. The molecule has 0 spiro atoms. The van der Waals surface area contributed by atoms with Gasteiger partial charge in [-0.2, -0.15) is 0 Å². The lowest BCUT2D eigenvalue weighted by molar-refractivity contribution is -0.135. The van der Waals surface area contributed by atoms with Gasteiger partial charge in [0, 0.05) is 18.2 Å². The van der Waals surface area contributed by atoms with Crippen molar-refractivity contribution >= 4 is 11.7 Å². The molecule has 1 saturated carbocycles. The fourth-order valence-electron chi connectivity index (χ4n) is 2.44. The zero-order chi connectivity index (χ0) is 15.2. The van der Waals surface area contributed by atoms with E-state index in [1.807, 2.05) is 0 Å². The number of aliphatic hydroxyl groups excluding tert-OH is 1. The smallest absolute Gasteiger partial charge is 0.227 e. The number of benzene rings is 1. The van der Waals surface area contributed by atoms with Gasteiger partial charge in [-0.25, -0.2) is 0 Å². The van der Waals surface area contributed by atoms with Crippen molar-refractivity contribution < 1.29 is 15.1 Å². The average Bonchev–Trinajstić information content (AvgIpc) is 2.45. The Balaban J connectivity index is 2.00. The second-order valence-electron chi connectivity index (χ2n) is 5.25. The molecule has 4 N–H and O–H groups in total. The highest BCUT2D eigenvalue weighted by Crippen LogP contribution is 2.25. The Morgan fingerprint density at radius 2 is 2.00 bits per heavy atom. The first kappa shape index (κ1) is 15.3. The predicted molar refractivity (Wildman–Crippen MR) is 79.1 cm³/mol. The highest BCUT2D eigenvalue weighted by Gasteiger charge is 2.28. The van der Waals surface area contributed by atoms with Crippen molar-refractivity contribution in [3.8, 4) is 0 Å². The molecule has 21 heavy (non-hydrogen) atoms. The molecule has 6 nitrogen and oxygen atoms in total. The first-order valence-corrected chi connectivity index (χ1v) is 7.13. The molecule has 0 saturated heterocycles. The number of carbonyl (C=O) groups is 1. The molecule has 1 aromatic rings. The Morgan fingerprint density at radius 1 is 1.33 bits per heavy atom. The minimum atomic E-state index is -0.00925. The number of aliphatic hydroxyl groups is 1. The summed E-state index contributed by atoms with van der Waals surface area (Å²) in [5, 5.41) is 20.6. The number of nitrogens with two attached hydrogens (primary N) is 1. The van der Waals surface area contributed by atoms with Gasteiger partial charge in [-0.15, -0.1) is 0 Å². The Bertz CT molecular complexity index is 509. The van der Waals surface area contributed by atoms with Crippen LogP contribution in [0.5, 0.6) is 0 Å². The van der Waals surface area contributed by atoms with Gasteiger partial charge in [-0.1, -0.05) is 29.4 Å². The lowest BCUT2D eigenvalue weighted by atomic mass is 9.91. The molecule has 1 fully saturated rings. The van der Waals surface area contributed by atoms with Crippen LogP contribution in [0.1, 0.15) is 30.4 Å². The van der Waals surface area contributed by atoms with Crippen LogP contribution in [0.3, 0.4) is 0 Å². The van der Waals surface area contributed by atoms with Crippen LogP contribution in [-0.4, -0.2) is 46.1 Å². The van der Waals surface area contributed by atoms with Crippen LogP contribution in [0, 0.1) is 0 Å². The van der Waals surface area contributed by atoms with E-state index in [0.29, 0.717) is 18.5 Å². The molecule has 114 valence electrons. The average molecular weight is 291 g/mol. The number of oxime groups is 1. The number of carbonyl (C=O) groups excluding carboxylic acids is 1. The van der Waals surface area contributed by atoms with Crippen molar-refractivity contribution in [2.75, 3.05) is 13.2 Å².